The van der Waals surface area contributed by atoms with Gasteiger partial charge in [0, 0.05) is 31.6 Å². The fraction of sp³-hybridized carbons (Fsp3) is 0.381. The van der Waals surface area contributed by atoms with E-state index < -0.39 is 23.4 Å². The van der Waals surface area contributed by atoms with E-state index in [9.17, 15) is 19.2 Å². The molecular weight excluding hydrogens is 472 g/mol. The predicted molar refractivity (Wildman–Crippen MR) is 116 cm³/mol. The lowest BCUT2D eigenvalue weighted by Crippen LogP contribution is -2.52. The minimum Gasteiger partial charge on any atom is -0.378 e. The topological polar surface area (TPSA) is 190 Å². The number of nitrogens with one attached hydrogen (secondary N) is 3. The van der Waals surface area contributed by atoms with E-state index >= 15 is 0 Å². The van der Waals surface area contributed by atoms with Crippen molar-refractivity contribution in [2.45, 2.75) is 37.4 Å². The van der Waals surface area contributed by atoms with Gasteiger partial charge in [-0.15, -0.1) is 15.3 Å². The number of H-pyrrole nitrogens is 1. The number of carbonyl (C=O) groups is 4. The van der Waals surface area contributed by atoms with Crippen molar-refractivity contribution >= 4 is 23.6 Å². The molecule has 3 N–H and O–H groups in total. The van der Waals surface area contributed by atoms with Crippen LogP contribution in [0.1, 0.15) is 51.5 Å². The average molecular weight is 492 g/mol. The third-order valence-corrected chi connectivity index (χ3v) is 6.65. The van der Waals surface area contributed by atoms with Gasteiger partial charge in [-0.2, -0.15) is 5.21 Å². The van der Waals surface area contributed by atoms with Gasteiger partial charge >= 0.3 is 0 Å². The van der Waals surface area contributed by atoms with Crippen molar-refractivity contribution < 1.29 is 23.9 Å². The summed E-state index contributed by atoms with van der Waals surface area (Å²) in [4.78, 5) is 51.1. The maximum absolute atomic E-state index is 13.0. The summed E-state index contributed by atoms with van der Waals surface area (Å²) in [6, 6.07) is 4.41. The Labute approximate surface area is 202 Å². The van der Waals surface area contributed by atoms with E-state index in [1.807, 2.05) is 0 Å². The monoisotopic (exact) mass is 492 g/mol. The molecule has 15 nitrogen and oxygen atoms in total. The Kier molecular flexibility index (Phi) is 5.06. The SMILES string of the molecule is O=C1CCC(N2Cc3cc(-n4cc(C(=O)NC5(c6nn[nH]n6)CCOC5)nn4)ccc3C2=O)C(=O)N1. The lowest BCUT2D eigenvalue weighted by molar-refractivity contribution is -0.136. The summed E-state index contributed by atoms with van der Waals surface area (Å²) in [5.74, 6) is -1.22. The molecule has 36 heavy (non-hydrogen) atoms. The summed E-state index contributed by atoms with van der Waals surface area (Å²) >= 11 is 0. The average Bonchev–Trinajstić information content (AvgIpc) is 3.66. The first-order chi connectivity index (χ1) is 17.4. The van der Waals surface area contributed by atoms with E-state index in [0.717, 1.165) is 0 Å². The number of rotatable bonds is 5. The van der Waals surface area contributed by atoms with Crippen LogP contribution < -0.4 is 10.6 Å². The van der Waals surface area contributed by atoms with Gasteiger partial charge in [-0.1, -0.05) is 10.4 Å². The minimum absolute atomic E-state index is 0.0755. The van der Waals surface area contributed by atoms with Crippen molar-refractivity contribution in [2.75, 3.05) is 13.2 Å². The van der Waals surface area contributed by atoms with Gasteiger partial charge in [0.25, 0.3) is 11.8 Å². The molecule has 2 unspecified atom stereocenters. The van der Waals surface area contributed by atoms with Crippen LogP contribution in [0.25, 0.3) is 5.69 Å². The third-order valence-electron chi connectivity index (χ3n) is 6.65. The fourth-order valence-electron chi connectivity index (χ4n) is 4.74. The van der Waals surface area contributed by atoms with Crippen LogP contribution in [-0.2, 0) is 26.4 Å². The summed E-state index contributed by atoms with van der Waals surface area (Å²) in [6.45, 7) is 0.865. The largest absolute Gasteiger partial charge is 0.378 e. The van der Waals surface area contributed by atoms with Gasteiger partial charge in [0.1, 0.15) is 11.6 Å². The fourth-order valence-corrected chi connectivity index (χ4v) is 4.74. The summed E-state index contributed by atoms with van der Waals surface area (Å²) in [7, 11) is 0. The van der Waals surface area contributed by atoms with Gasteiger partial charge in [-0.05, 0) is 30.2 Å². The molecule has 6 rings (SSSR count). The number of amides is 4. The van der Waals surface area contributed by atoms with Crippen molar-refractivity contribution in [3.05, 3.63) is 47.0 Å². The van der Waals surface area contributed by atoms with E-state index in [4.69, 9.17) is 4.74 Å². The van der Waals surface area contributed by atoms with E-state index in [-0.39, 0.29) is 43.5 Å². The van der Waals surface area contributed by atoms with Gasteiger partial charge in [-0.25, -0.2) is 4.68 Å². The normalized spacial score (nSPS) is 23.6. The molecule has 2 saturated heterocycles. The molecule has 15 heteroatoms. The van der Waals surface area contributed by atoms with Crippen molar-refractivity contribution in [3.63, 3.8) is 0 Å². The molecular formula is C21H20N10O5. The third kappa shape index (κ3) is 3.60. The molecule has 2 atom stereocenters. The van der Waals surface area contributed by atoms with E-state index in [1.165, 1.54) is 15.8 Å². The number of imide groups is 1. The number of hydrogen-bond donors (Lipinski definition) is 3. The second kappa shape index (κ2) is 8.30. The Bertz CT molecular complexity index is 1380. The number of fused-ring (bicyclic) bond motifs is 1. The molecule has 184 valence electrons. The van der Waals surface area contributed by atoms with Crippen molar-refractivity contribution in [1.29, 1.82) is 0 Å². The highest BCUT2D eigenvalue weighted by Crippen LogP contribution is 2.30. The highest BCUT2D eigenvalue weighted by molar-refractivity contribution is 6.05. The zero-order chi connectivity index (χ0) is 24.9. The van der Waals surface area contributed by atoms with Crippen LogP contribution in [0, 0.1) is 0 Å². The maximum Gasteiger partial charge on any atom is 0.274 e. The van der Waals surface area contributed by atoms with E-state index in [0.29, 0.717) is 35.7 Å². The quantitative estimate of drug-likeness (QED) is 0.357. The summed E-state index contributed by atoms with van der Waals surface area (Å²) in [6.07, 6.45) is 2.43. The minimum atomic E-state index is -0.915. The molecule has 3 aliphatic rings. The Hall–Kier alpha value is -4.53. The van der Waals surface area contributed by atoms with Crippen LogP contribution in [0.4, 0.5) is 0 Å². The molecule has 3 aromatic rings. The first-order valence-electron chi connectivity index (χ1n) is 11.3. The Balaban J connectivity index is 1.20. The number of ether oxygens (including phenoxy) is 1. The zero-order valence-corrected chi connectivity index (χ0v) is 18.8. The number of tetrazole rings is 1. The lowest BCUT2D eigenvalue weighted by Gasteiger charge is -2.29. The first kappa shape index (κ1) is 22.0. The molecule has 1 aromatic carbocycles. The Morgan fingerprint density at radius 1 is 1.22 bits per heavy atom. The summed E-state index contributed by atoms with van der Waals surface area (Å²) in [5.41, 5.74) is 0.941. The standard InChI is InChI=1S/C21H20N10O5/c32-16-4-3-15(18(34)22-16)30-8-11-7-12(1-2-13(11)19(30)35)31-9-14(24-29-31)17(33)23-21(5-6-36-10-21)20-25-27-28-26-20/h1-2,7,9,15H,3-6,8,10H2,(H,23,33)(H,22,32,34)(H,25,26,27,28). The first-order valence-corrected chi connectivity index (χ1v) is 11.3. The molecule has 0 radical (unpaired) electrons. The number of piperidine rings is 1. The molecule has 2 aromatic heterocycles. The van der Waals surface area contributed by atoms with Crippen LogP contribution in [-0.4, -0.2) is 83.4 Å². The number of hydrogen-bond acceptors (Lipinski definition) is 10. The van der Waals surface area contributed by atoms with Gasteiger partial charge < -0.3 is 15.0 Å². The number of aromatic nitrogens is 7. The molecule has 4 amide bonds. The van der Waals surface area contributed by atoms with Crippen molar-refractivity contribution in [3.8, 4) is 5.69 Å². The highest BCUT2D eigenvalue weighted by Gasteiger charge is 2.43. The lowest BCUT2D eigenvalue weighted by atomic mass is 9.97. The van der Waals surface area contributed by atoms with Crippen LogP contribution in [0.15, 0.2) is 24.4 Å². The van der Waals surface area contributed by atoms with Crippen molar-refractivity contribution in [2.24, 2.45) is 0 Å². The molecule has 0 aliphatic carbocycles. The van der Waals surface area contributed by atoms with Gasteiger partial charge in [0.05, 0.1) is 18.5 Å². The van der Waals surface area contributed by atoms with Crippen LogP contribution in [0.3, 0.4) is 0 Å². The second-order valence-corrected chi connectivity index (χ2v) is 8.86. The molecule has 2 fully saturated rings. The van der Waals surface area contributed by atoms with Crippen molar-refractivity contribution in [1.82, 2.24) is 51.2 Å². The highest BCUT2D eigenvalue weighted by atomic mass is 16.5. The number of carbonyl (C=O) groups excluding carboxylic acids is 4. The van der Waals surface area contributed by atoms with Crippen LogP contribution >= 0.6 is 0 Å². The smallest absolute Gasteiger partial charge is 0.274 e. The Morgan fingerprint density at radius 2 is 2.11 bits per heavy atom. The van der Waals surface area contributed by atoms with Gasteiger partial charge in [-0.3, -0.25) is 24.5 Å². The molecule has 0 bridgehead atoms. The molecule has 3 aliphatic heterocycles. The second-order valence-electron chi connectivity index (χ2n) is 8.86. The molecule has 5 heterocycles. The van der Waals surface area contributed by atoms with Crippen LogP contribution in [0.5, 0.6) is 0 Å². The number of benzene rings is 1. The van der Waals surface area contributed by atoms with E-state index in [2.05, 4.69) is 41.6 Å². The van der Waals surface area contributed by atoms with E-state index in [1.54, 1.807) is 18.2 Å². The predicted octanol–water partition coefficient (Wildman–Crippen LogP) is -1.41. The zero-order valence-electron chi connectivity index (χ0n) is 18.8. The van der Waals surface area contributed by atoms with Gasteiger partial charge in [0.2, 0.25) is 17.6 Å². The number of nitrogens with zero attached hydrogens (tertiary/aromatic N) is 7. The van der Waals surface area contributed by atoms with Gasteiger partial charge in [0.15, 0.2) is 5.69 Å². The summed E-state index contributed by atoms with van der Waals surface area (Å²) < 4.78 is 6.89. The summed E-state index contributed by atoms with van der Waals surface area (Å²) in [5, 5.41) is 27.2. The molecule has 0 spiro atoms. The molecule has 0 saturated carbocycles. The van der Waals surface area contributed by atoms with Crippen LogP contribution in [0.2, 0.25) is 0 Å². The maximum atomic E-state index is 13.0. The Morgan fingerprint density at radius 3 is 2.86 bits per heavy atom. The number of aromatic amines is 1.